The number of benzene rings is 1. The van der Waals surface area contributed by atoms with Crippen molar-refractivity contribution in [3.63, 3.8) is 0 Å². The monoisotopic (exact) mass is 298 g/mol. The molecular weight excluding hydrogens is 286 g/mol. The summed E-state index contributed by atoms with van der Waals surface area (Å²) in [6, 6.07) is 8.08. The van der Waals surface area contributed by atoms with Crippen LogP contribution in [-0.2, 0) is 0 Å². The number of alkyl halides is 2. The zero-order chi connectivity index (χ0) is 14.5. The molecule has 1 N–H and O–H groups in total. The summed E-state index contributed by atoms with van der Waals surface area (Å²) >= 11 is 6.03. The maximum Gasteiger partial charge on any atom is 0.387 e. The van der Waals surface area contributed by atoms with Gasteiger partial charge in [-0.05, 0) is 30.7 Å². The minimum atomic E-state index is -2.83. The second kappa shape index (κ2) is 6.52. The molecule has 1 heterocycles. The summed E-state index contributed by atoms with van der Waals surface area (Å²) in [5, 5.41) is 3.72. The molecular formula is C14H13ClF2N2O. The van der Waals surface area contributed by atoms with E-state index in [9.17, 15) is 8.78 Å². The van der Waals surface area contributed by atoms with Gasteiger partial charge in [0.05, 0.1) is 16.9 Å². The lowest BCUT2D eigenvalue weighted by Gasteiger charge is -2.17. The van der Waals surface area contributed by atoms with Gasteiger partial charge in [0.1, 0.15) is 5.75 Å². The summed E-state index contributed by atoms with van der Waals surface area (Å²) < 4.78 is 28.8. The van der Waals surface area contributed by atoms with E-state index in [1.807, 2.05) is 13.0 Å². The summed E-state index contributed by atoms with van der Waals surface area (Å²) in [5.74, 6) is 0.128. The summed E-state index contributed by atoms with van der Waals surface area (Å²) in [6.45, 7) is -0.938. The highest BCUT2D eigenvalue weighted by Gasteiger charge is 2.10. The Kier molecular flexibility index (Phi) is 4.74. The van der Waals surface area contributed by atoms with Crippen LogP contribution < -0.4 is 10.1 Å². The minimum Gasteiger partial charge on any atom is -0.435 e. The lowest BCUT2D eigenvalue weighted by Crippen LogP contribution is -2.08. The number of rotatable bonds is 5. The molecule has 1 atom stereocenters. The highest BCUT2D eigenvalue weighted by atomic mass is 35.5. The summed E-state index contributed by atoms with van der Waals surface area (Å²) in [7, 11) is 0. The van der Waals surface area contributed by atoms with Crippen molar-refractivity contribution in [1.82, 2.24) is 4.98 Å². The molecule has 0 amide bonds. The molecule has 2 aromatic rings. The van der Waals surface area contributed by atoms with E-state index in [0.717, 1.165) is 5.56 Å². The van der Waals surface area contributed by atoms with Crippen LogP contribution >= 0.6 is 11.6 Å². The standard InChI is InChI=1S/C14H13ClF2N2O/c1-9(19-13-8-18-6-5-12(13)15)10-3-2-4-11(7-10)20-14(16)17/h2-9,14,19H,1H3. The zero-order valence-corrected chi connectivity index (χ0v) is 11.4. The lowest BCUT2D eigenvalue weighted by molar-refractivity contribution is -0.0498. The molecule has 1 aromatic heterocycles. The molecule has 0 saturated carbocycles. The largest absolute Gasteiger partial charge is 0.435 e. The number of anilines is 1. The van der Waals surface area contributed by atoms with Crippen LogP contribution in [0.15, 0.2) is 42.7 Å². The van der Waals surface area contributed by atoms with Crippen LogP contribution in [0, 0.1) is 0 Å². The molecule has 1 aromatic carbocycles. The Morgan fingerprint density at radius 1 is 1.30 bits per heavy atom. The van der Waals surface area contributed by atoms with E-state index in [-0.39, 0.29) is 11.8 Å². The first-order valence-electron chi connectivity index (χ1n) is 5.97. The van der Waals surface area contributed by atoms with Gasteiger partial charge in [0, 0.05) is 12.2 Å². The van der Waals surface area contributed by atoms with E-state index in [1.165, 1.54) is 6.07 Å². The van der Waals surface area contributed by atoms with Crippen molar-refractivity contribution in [2.24, 2.45) is 0 Å². The molecule has 0 spiro atoms. The molecule has 0 aliphatic carbocycles. The van der Waals surface area contributed by atoms with Gasteiger partial charge in [-0.25, -0.2) is 0 Å². The topological polar surface area (TPSA) is 34.2 Å². The Bertz CT molecular complexity index is 581. The normalized spacial score (nSPS) is 12.2. The average molecular weight is 299 g/mol. The smallest absolute Gasteiger partial charge is 0.387 e. The number of pyridine rings is 1. The van der Waals surface area contributed by atoms with Gasteiger partial charge in [0.2, 0.25) is 0 Å². The highest BCUT2D eigenvalue weighted by Crippen LogP contribution is 2.26. The number of aromatic nitrogens is 1. The minimum absolute atomic E-state index is 0.127. The Morgan fingerprint density at radius 2 is 2.10 bits per heavy atom. The summed E-state index contributed by atoms with van der Waals surface area (Å²) in [4.78, 5) is 3.98. The average Bonchev–Trinajstić information content (AvgIpc) is 2.41. The van der Waals surface area contributed by atoms with E-state index in [0.29, 0.717) is 10.7 Å². The number of nitrogens with zero attached hydrogens (tertiary/aromatic N) is 1. The van der Waals surface area contributed by atoms with E-state index in [1.54, 1.807) is 30.6 Å². The molecule has 106 valence electrons. The molecule has 6 heteroatoms. The van der Waals surface area contributed by atoms with Crippen molar-refractivity contribution < 1.29 is 13.5 Å². The van der Waals surface area contributed by atoms with Crippen LogP contribution in [-0.4, -0.2) is 11.6 Å². The van der Waals surface area contributed by atoms with E-state index in [4.69, 9.17) is 11.6 Å². The predicted molar refractivity (Wildman–Crippen MR) is 74.4 cm³/mol. The van der Waals surface area contributed by atoms with Gasteiger partial charge in [-0.3, -0.25) is 4.98 Å². The maximum atomic E-state index is 12.2. The van der Waals surface area contributed by atoms with Gasteiger partial charge in [-0.1, -0.05) is 23.7 Å². The van der Waals surface area contributed by atoms with Crippen LogP contribution in [0.1, 0.15) is 18.5 Å². The molecule has 0 aliphatic heterocycles. The molecule has 0 aliphatic rings. The number of nitrogens with one attached hydrogen (secondary N) is 1. The Hall–Kier alpha value is -1.88. The quantitative estimate of drug-likeness (QED) is 0.882. The second-order valence-corrected chi connectivity index (χ2v) is 4.58. The highest BCUT2D eigenvalue weighted by molar-refractivity contribution is 6.33. The predicted octanol–water partition coefficient (Wildman–Crippen LogP) is 4.51. The van der Waals surface area contributed by atoms with Gasteiger partial charge in [0.15, 0.2) is 0 Å². The van der Waals surface area contributed by atoms with E-state index >= 15 is 0 Å². The van der Waals surface area contributed by atoms with Gasteiger partial charge in [-0.15, -0.1) is 0 Å². The van der Waals surface area contributed by atoms with E-state index in [2.05, 4.69) is 15.0 Å². The third-order valence-electron chi connectivity index (χ3n) is 2.72. The van der Waals surface area contributed by atoms with Crippen molar-refractivity contribution in [3.8, 4) is 5.75 Å². The third kappa shape index (κ3) is 3.81. The van der Waals surface area contributed by atoms with Crippen LogP contribution in [0.3, 0.4) is 0 Å². The molecule has 0 fully saturated rings. The van der Waals surface area contributed by atoms with Crippen molar-refractivity contribution in [1.29, 1.82) is 0 Å². The first-order chi connectivity index (χ1) is 9.56. The number of hydrogen-bond acceptors (Lipinski definition) is 3. The maximum absolute atomic E-state index is 12.2. The fraction of sp³-hybridized carbons (Fsp3) is 0.214. The number of hydrogen-bond donors (Lipinski definition) is 1. The van der Waals surface area contributed by atoms with Gasteiger partial charge in [-0.2, -0.15) is 8.78 Å². The van der Waals surface area contributed by atoms with E-state index < -0.39 is 6.61 Å². The molecule has 20 heavy (non-hydrogen) atoms. The molecule has 0 saturated heterocycles. The van der Waals surface area contributed by atoms with Crippen LogP contribution in [0.5, 0.6) is 5.75 Å². The first kappa shape index (κ1) is 14.5. The fourth-order valence-electron chi connectivity index (χ4n) is 1.76. The number of halogens is 3. The van der Waals surface area contributed by atoms with Gasteiger partial charge in [0.25, 0.3) is 0 Å². The molecule has 0 bridgehead atoms. The van der Waals surface area contributed by atoms with Crippen molar-refractivity contribution in [2.75, 3.05) is 5.32 Å². The molecule has 1 unspecified atom stereocenters. The zero-order valence-electron chi connectivity index (χ0n) is 10.7. The fourth-order valence-corrected chi connectivity index (χ4v) is 1.92. The number of ether oxygens (including phenoxy) is 1. The Morgan fingerprint density at radius 3 is 2.80 bits per heavy atom. The van der Waals surface area contributed by atoms with Crippen molar-refractivity contribution >= 4 is 17.3 Å². The third-order valence-corrected chi connectivity index (χ3v) is 3.05. The van der Waals surface area contributed by atoms with Crippen LogP contribution in [0.2, 0.25) is 5.02 Å². The molecule has 3 nitrogen and oxygen atoms in total. The second-order valence-electron chi connectivity index (χ2n) is 4.17. The van der Waals surface area contributed by atoms with Crippen molar-refractivity contribution in [3.05, 3.63) is 53.3 Å². The van der Waals surface area contributed by atoms with Crippen LogP contribution in [0.4, 0.5) is 14.5 Å². The first-order valence-corrected chi connectivity index (χ1v) is 6.35. The summed E-state index contributed by atoms with van der Waals surface area (Å²) in [6.07, 6.45) is 3.20. The summed E-state index contributed by atoms with van der Waals surface area (Å²) in [5.41, 5.74) is 1.49. The van der Waals surface area contributed by atoms with Crippen molar-refractivity contribution in [2.45, 2.75) is 19.6 Å². The molecule has 0 radical (unpaired) electrons. The van der Waals surface area contributed by atoms with Crippen LogP contribution in [0.25, 0.3) is 0 Å². The lowest BCUT2D eigenvalue weighted by atomic mass is 10.1. The SMILES string of the molecule is CC(Nc1cnccc1Cl)c1cccc(OC(F)F)c1. The van der Waals surface area contributed by atoms with Gasteiger partial charge < -0.3 is 10.1 Å². The Balaban J connectivity index is 2.13. The van der Waals surface area contributed by atoms with Gasteiger partial charge >= 0.3 is 6.61 Å². The molecule has 2 rings (SSSR count). The Labute approximate surface area is 120 Å².